The van der Waals surface area contributed by atoms with Crippen LogP contribution in [0.15, 0.2) is 24.3 Å². The maximum absolute atomic E-state index is 13.9. The van der Waals surface area contributed by atoms with Crippen LogP contribution < -0.4 is 15.8 Å². The highest BCUT2D eigenvalue weighted by Crippen LogP contribution is 2.35. The Labute approximate surface area is 231 Å². The summed E-state index contributed by atoms with van der Waals surface area (Å²) in [6, 6.07) is 6.63. The van der Waals surface area contributed by atoms with Crippen molar-refractivity contribution in [2.75, 3.05) is 53.0 Å². The summed E-state index contributed by atoms with van der Waals surface area (Å²) in [7, 11) is 1.60. The molecule has 2 saturated carbocycles. The van der Waals surface area contributed by atoms with E-state index in [0.717, 1.165) is 58.2 Å². The zero-order chi connectivity index (χ0) is 27.4. The summed E-state index contributed by atoms with van der Waals surface area (Å²) >= 11 is 0. The molecule has 10 nitrogen and oxygen atoms in total. The van der Waals surface area contributed by atoms with Crippen LogP contribution in [-0.2, 0) is 14.3 Å². The van der Waals surface area contributed by atoms with Gasteiger partial charge in [0, 0.05) is 56.3 Å². The molecule has 1 aromatic rings. The molecule has 2 atom stereocenters. The van der Waals surface area contributed by atoms with Crippen molar-refractivity contribution in [3.63, 3.8) is 0 Å². The lowest BCUT2D eigenvalue weighted by Gasteiger charge is -2.33. The smallest absolute Gasteiger partial charge is 0.254 e. The van der Waals surface area contributed by atoms with E-state index in [1.54, 1.807) is 36.3 Å². The molecular formula is C29H43N5O5. The summed E-state index contributed by atoms with van der Waals surface area (Å²) in [6.45, 7) is 4.66. The summed E-state index contributed by atoms with van der Waals surface area (Å²) in [5.74, 6) is 0.558. The molecule has 5 rings (SSSR count). The minimum Gasteiger partial charge on any atom is -0.497 e. The van der Waals surface area contributed by atoms with E-state index in [9.17, 15) is 14.4 Å². The van der Waals surface area contributed by atoms with Crippen LogP contribution in [0, 0.1) is 5.92 Å². The van der Waals surface area contributed by atoms with Crippen molar-refractivity contribution in [1.82, 2.24) is 20.0 Å². The van der Waals surface area contributed by atoms with Gasteiger partial charge in [0.1, 0.15) is 11.8 Å². The van der Waals surface area contributed by atoms with Crippen molar-refractivity contribution in [2.24, 2.45) is 11.7 Å². The summed E-state index contributed by atoms with van der Waals surface area (Å²) in [5.41, 5.74) is 6.63. The molecule has 2 aliphatic carbocycles. The highest BCUT2D eigenvalue weighted by Gasteiger charge is 2.47. The second-order valence-corrected chi connectivity index (χ2v) is 11.5. The molecule has 2 unspecified atom stereocenters. The van der Waals surface area contributed by atoms with E-state index < -0.39 is 6.04 Å². The molecule has 1 aromatic carbocycles. The molecule has 3 amide bonds. The van der Waals surface area contributed by atoms with Gasteiger partial charge in [0.05, 0.1) is 26.4 Å². The predicted octanol–water partition coefficient (Wildman–Crippen LogP) is 1.24. The maximum Gasteiger partial charge on any atom is 0.254 e. The molecule has 10 heteroatoms. The Balaban J connectivity index is 1.33. The topological polar surface area (TPSA) is 117 Å². The second-order valence-electron chi connectivity index (χ2n) is 11.5. The number of amides is 3. The standard InChI is InChI=1S/C29H43N5O5/c1-38-25-10-4-21(5-11-25)28(36)33(13-12-32-14-16-39-17-15-32)24-18-26(34(19-24)29(37)20-2-3-20)27(35)31-23-8-6-22(30)7-9-23/h4-5,10-11,20,22-24,26H,2-3,6-9,12-19,30H2,1H3,(H,31,35). The number of hydrogen-bond donors (Lipinski definition) is 2. The Morgan fingerprint density at radius 1 is 1.05 bits per heavy atom. The van der Waals surface area contributed by atoms with E-state index in [2.05, 4.69) is 10.2 Å². The second kappa shape index (κ2) is 12.7. The predicted molar refractivity (Wildman–Crippen MR) is 146 cm³/mol. The van der Waals surface area contributed by atoms with Gasteiger partial charge >= 0.3 is 0 Å². The number of carbonyl (C=O) groups excluding carboxylic acids is 3. The van der Waals surface area contributed by atoms with Crippen LogP contribution >= 0.6 is 0 Å². The van der Waals surface area contributed by atoms with E-state index in [1.165, 1.54) is 0 Å². The van der Waals surface area contributed by atoms with Crippen molar-refractivity contribution < 1.29 is 23.9 Å². The molecule has 0 aromatic heterocycles. The van der Waals surface area contributed by atoms with Crippen LogP contribution in [0.4, 0.5) is 0 Å². The number of rotatable bonds is 9. The maximum atomic E-state index is 13.9. The number of carbonyl (C=O) groups is 3. The molecule has 4 aliphatic rings. The highest BCUT2D eigenvalue weighted by atomic mass is 16.5. The Morgan fingerprint density at radius 3 is 2.38 bits per heavy atom. The third-order valence-electron chi connectivity index (χ3n) is 8.71. The van der Waals surface area contributed by atoms with Crippen LogP contribution in [0.5, 0.6) is 5.75 Å². The van der Waals surface area contributed by atoms with Crippen molar-refractivity contribution in [1.29, 1.82) is 0 Å². The zero-order valence-electron chi connectivity index (χ0n) is 23.1. The van der Waals surface area contributed by atoms with Crippen LogP contribution in [0.3, 0.4) is 0 Å². The van der Waals surface area contributed by atoms with Gasteiger partial charge in [-0.25, -0.2) is 0 Å². The first-order valence-electron chi connectivity index (χ1n) is 14.5. The van der Waals surface area contributed by atoms with Crippen LogP contribution in [-0.4, -0.2) is 110 Å². The zero-order valence-corrected chi connectivity index (χ0v) is 23.1. The molecule has 0 spiro atoms. The quantitative estimate of drug-likeness (QED) is 0.483. The number of hydrogen-bond acceptors (Lipinski definition) is 7. The monoisotopic (exact) mass is 541 g/mol. The van der Waals surface area contributed by atoms with E-state index in [-0.39, 0.29) is 41.8 Å². The minimum absolute atomic E-state index is 0.00539. The molecule has 4 fully saturated rings. The summed E-state index contributed by atoms with van der Waals surface area (Å²) in [5, 5.41) is 3.21. The van der Waals surface area contributed by atoms with Gasteiger partial charge in [-0.15, -0.1) is 0 Å². The Morgan fingerprint density at radius 2 is 1.74 bits per heavy atom. The Kier molecular flexibility index (Phi) is 9.04. The lowest BCUT2D eigenvalue weighted by molar-refractivity contribution is -0.139. The number of nitrogens with two attached hydrogens (primary N) is 1. The Bertz CT molecular complexity index is 1000. The fraction of sp³-hybridized carbons (Fsp3) is 0.690. The summed E-state index contributed by atoms with van der Waals surface area (Å²) in [4.78, 5) is 46.7. The normalized spacial score (nSPS) is 27.7. The van der Waals surface area contributed by atoms with Gasteiger partial charge in [-0.3, -0.25) is 19.3 Å². The molecule has 0 radical (unpaired) electrons. The first kappa shape index (κ1) is 27.9. The number of likely N-dealkylation sites (tertiary alicyclic amines) is 1. The number of morpholine rings is 1. The number of methoxy groups -OCH3 is 1. The molecule has 214 valence electrons. The summed E-state index contributed by atoms with van der Waals surface area (Å²) < 4.78 is 10.8. The number of ether oxygens (including phenoxy) is 2. The van der Waals surface area contributed by atoms with E-state index in [1.807, 2.05) is 4.90 Å². The van der Waals surface area contributed by atoms with Crippen LogP contribution in [0.2, 0.25) is 0 Å². The fourth-order valence-electron chi connectivity index (χ4n) is 6.08. The van der Waals surface area contributed by atoms with E-state index in [4.69, 9.17) is 15.2 Å². The van der Waals surface area contributed by atoms with Crippen molar-refractivity contribution >= 4 is 17.7 Å². The number of nitrogens with zero attached hydrogens (tertiary/aromatic N) is 3. The van der Waals surface area contributed by atoms with E-state index in [0.29, 0.717) is 44.0 Å². The number of benzene rings is 1. The van der Waals surface area contributed by atoms with Crippen molar-refractivity contribution in [3.05, 3.63) is 29.8 Å². The molecule has 0 bridgehead atoms. The van der Waals surface area contributed by atoms with Gasteiger partial charge in [0.2, 0.25) is 11.8 Å². The van der Waals surface area contributed by atoms with Crippen molar-refractivity contribution in [2.45, 2.75) is 69.1 Å². The third-order valence-corrected chi connectivity index (χ3v) is 8.71. The van der Waals surface area contributed by atoms with Gasteiger partial charge in [0.15, 0.2) is 0 Å². The van der Waals surface area contributed by atoms with Gasteiger partial charge < -0.3 is 30.3 Å². The van der Waals surface area contributed by atoms with E-state index >= 15 is 0 Å². The molecule has 2 aliphatic heterocycles. The minimum atomic E-state index is -0.562. The SMILES string of the molecule is COc1ccc(C(=O)N(CCN2CCOCC2)C2CC(C(=O)NC3CCC(N)CC3)N(C(=O)C3CC3)C2)cc1. The van der Waals surface area contributed by atoms with Crippen LogP contribution in [0.1, 0.15) is 55.3 Å². The van der Waals surface area contributed by atoms with Gasteiger partial charge in [-0.1, -0.05) is 0 Å². The first-order valence-corrected chi connectivity index (χ1v) is 14.5. The average molecular weight is 542 g/mol. The molecule has 2 saturated heterocycles. The first-order chi connectivity index (χ1) is 18.9. The molecular weight excluding hydrogens is 498 g/mol. The Hall–Kier alpha value is -2.69. The number of nitrogens with one attached hydrogen (secondary N) is 1. The largest absolute Gasteiger partial charge is 0.497 e. The third kappa shape index (κ3) is 6.91. The molecule has 3 N–H and O–H groups in total. The van der Waals surface area contributed by atoms with Crippen molar-refractivity contribution in [3.8, 4) is 5.75 Å². The van der Waals surface area contributed by atoms with Gasteiger partial charge in [-0.05, 0) is 69.2 Å². The summed E-state index contributed by atoms with van der Waals surface area (Å²) in [6.07, 6.45) is 5.72. The lowest BCUT2D eigenvalue weighted by atomic mass is 9.91. The van der Waals surface area contributed by atoms with Crippen LogP contribution in [0.25, 0.3) is 0 Å². The fourth-order valence-corrected chi connectivity index (χ4v) is 6.08. The average Bonchev–Trinajstić information content (AvgIpc) is 3.73. The highest BCUT2D eigenvalue weighted by molar-refractivity contribution is 5.95. The van der Waals surface area contributed by atoms with Gasteiger partial charge in [0.25, 0.3) is 5.91 Å². The molecule has 39 heavy (non-hydrogen) atoms. The lowest BCUT2D eigenvalue weighted by Crippen LogP contribution is -2.50. The van der Waals surface area contributed by atoms with Gasteiger partial charge in [-0.2, -0.15) is 0 Å². The molecule has 2 heterocycles.